The van der Waals surface area contributed by atoms with E-state index in [1.165, 1.54) is 0 Å². The highest BCUT2D eigenvalue weighted by atomic mass is 16.3. The Hall–Kier alpha value is -1.75. The molecule has 21 heavy (non-hydrogen) atoms. The van der Waals surface area contributed by atoms with Crippen LogP contribution in [0.2, 0.25) is 0 Å². The van der Waals surface area contributed by atoms with Crippen LogP contribution in [0.4, 0.5) is 17.1 Å². The summed E-state index contributed by atoms with van der Waals surface area (Å²) in [6.45, 7) is 4.63. The third kappa shape index (κ3) is 3.67. The van der Waals surface area contributed by atoms with E-state index in [9.17, 15) is 9.90 Å². The summed E-state index contributed by atoms with van der Waals surface area (Å²) in [6.07, 6.45) is 2.74. The third-order valence-electron chi connectivity index (χ3n) is 4.27. The molecule has 116 valence electrons. The molecule has 0 spiro atoms. The van der Waals surface area contributed by atoms with E-state index in [1.807, 2.05) is 12.1 Å². The molecule has 1 unspecified atom stereocenters. The average molecular weight is 291 g/mol. The van der Waals surface area contributed by atoms with Crippen LogP contribution in [-0.2, 0) is 11.2 Å². The van der Waals surface area contributed by atoms with Crippen molar-refractivity contribution in [1.82, 2.24) is 0 Å². The normalized spacial score (nSPS) is 15.5. The van der Waals surface area contributed by atoms with Crippen molar-refractivity contribution in [1.29, 1.82) is 0 Å². The van der Waals surface area contributed by atoms with Crippen LogP contribution >= 0.6 is 0 Å². The molecule has 1 heterocycles. The molecule has 0 fully saturated rings. The van der Waals surface area contributed by atoms with Gasteiger partial charge in [-0.05, 0) is 30.0 Å². The summed E-state index contributed by atoms with van der Waals surface area (Å²) < 4.78 is 0. The molecule has 0 aliphatic carbocycles. The molecule has 5 nitrogen and oxygen atoms in total. The first-order chi connectivity index (χ1) is 10.0. The standard InChI is InChI=1S/C16H25N3O2/c1-3-10(4-2)15(20)9-18-14-8-13-11(7-12(14)17)5-6-16(21)19-13/h7-8,10,15,18,20H,3-6,9,17H2,1-2H3,(H,19,21). The Kier molecular flexibility index (Phi) is 5.07. The number of hydrogen-bond donors (Lipinski definition) is 4. The lowest BCUT2D eigenvalue weighted by Gasteiger charge is -2.23. The minimum absolute atomic E-state index is 0.0373. The van der Waals surface area contributed by atoms with Crippen LogP contribution in [0.15, 0.2) is 12.1 Å². The molecule has 1 aromatic carbocycles. The Bertz CT molecular complexity index is 512. The molecule has 0 saturated heterocycles. The topological polar surface area (TPSA) is 87.4 Å². The number of benzene rings is 1. The average Bonchev–Trinajstić information content (AvgIpc) is 2.46. The first kappa shape index (κ1) is 15.6. The number of aliphatic hydroxyl groups is 1. The van der Waals surface area contributed by atoms with Gasteiger partial charge in [-0.15, -0.1) is 0 Å². The van der Waals surface area contributed by atoms with Gasteiger partial charge in [0.05, 0.1) is 17.5 Å². The second kappa shape index (κ2) is 6.80. The molecule has 1 atom stereocenters. The van der Waals surface area contributed by atoms with E-state index in [0.29, 0.717) is 18.7 Å². The minimum atomic E-state index is -0.398. The number of aryl methyl sites for hydroxylation is 1. The number of amides is 1. The first-order valence-corrected chi connectivity index (χ1v) is 7.69. The van der Waals surface area contributed by atoms with Crippen LogP contribution in [0.1, 0.15) is 38.7 Å². The maximum absolute atomic E-state index is 11.5. The lowest BCUT2D eigenvalue weighted by atomic mass is 9.96. The number of carbonyl (C=O) groups is 1. The summed E-state index contributed by atoms with van der Waals surface area (Å²) in [4.78, 5) is 11.5. The van der Waals surface area contributed by atoms with Crippen molar-refractivity contribution in [3.05, 3.63) is 17.7 Å². The predicted octanol–water partition coefficient (Wildman–Crippen LogP) is 2.36. The smallest absolute Gasteiger partial charge is 0.224 e. The van der Waals surface area contributed by atoms with Gasteiger partial charge < -0.3 is 21.5 Å². The molecule has 0 bridgehead atoms. The summed E-state index contributed by atoms with van der Waals surface area (Å²) in [5, 5.41) is 16.2. The van der Waals surface area contributed by atoms with Gasteiger partial charge in [-0.1, -0.05) is 26.7 Å². The van der Waals surface area contributed by atoms with Gasteiger partial charge in [-0.3, -0.25) is 4.79 Å². The number of fused-ring (bicyclic) bond motifs is 1. The second-order valence-electron chi connectivity index (χ2n) is 5.67. The minimum Gasteiger partial charge on any atom is -0.397 e. The zero-order valence-corrected chi connectivity index (χ0v) is 12.8. The van der Waals surface area contributed by atoms with Gasteiger partial charge in [-0.2, -0.15) is 0 Å². The van der Waals surface area contributed by atoms with E-state index in [4.69, 9.17) is 5.73 Å². The second-order valence-corrected chi connectivity index (χ2v) is 5.67. The van der Waals surface area contributed by atoms with Crippen molar-refractivity contribution in [3.8, 4) is 0 Å². The van der Waals surface area contributed by atoms with E-state index in [-0.39, 0.29) is 11.8 Å². The maximum Gasteiger partial charge on any atom is 0.224 e. The Morgan fingerprint density at radius 1 is 1.33 bits per heavy atom. The van der Waals surface area contributed by atoms with Gasteiger partial charge in [-0.25, -0.2) is 0 Å². The number of anilines is 3. The fourth-order valence-electron chi connectivity index (χ4n) is 2.81. The Balaban J connectivity index is 2.07. The number of aliphatic hydroxyl groups excluding tert-OH is 1. The van der Waals surface area contributed by atoms with E-state index < -0.39 is 6.10 Å². The number of rotatable bonds is 6. The van der Waals surface area contributed by atoms with Crippen molar-refractivity contribution in [2.24, 2.45) is 5.92 Å². The van der Waals surface area contributed by atoms with Gasteiger partial charge in [0.25, 0.3) is 0 Å². The van der Waals surface area contributed by atoms with Crippen LogP contribution in [0.5, 0.6) is 0 Å². The highest BCUT2D eigenvalue weighted by Gasteiger charge is 2.18. The van der Waals surface area contributed by atoms with Gasteiger partial charge >= 0.3 is 0 Å². The number of carbonyl (C=O) groups excluding carboxylic acids is 1. The Morgan fingerprint density at radius 2 is 2.05 bits per heavy atom. The third-order valence-corrected chi connectivity index (χ3v) is 4.27. The summed E-state index contributed by atoms with van der Waals surface area (Å²) in [6, 6.07) is 3.77. The summed E-state index contributed by atoms with van der Waals surface area (Å²) >= 11 is 0. The molecule has 1 amide bonds. The van der Waals surface area contributed by atoms with Crippen LogP contribution in [0.25, 0.3) is 0 Å². The number of hydrogen-bond acceptors (Lipinski definition) is 4. The van der Waals surface area contributed by atoms with Crippen molar-refractivity contribution < 1.29 is 9.90 Å². The van der Waals surface area contributed by atoms with E-state index in [1.54, 1.807) is 0 Å². The molecule has 1 aliphatic heterocycles. The quantitative estimate of drug-likeness (QED) is 0.606. The summed E-state index contributed by atoms with van der Waals surface area (Å²) in [5.74, 6) is 0.325. The van der Waals surface area contributed by atoms with Crippen molar-refractivity contribution in [2.45, 2.75) is 45.6 Å². The van der Waals surface area contributed by atoms with Crippen molar-refractivity contribution >= 4 is 23.0 Å². The Morgan fingerprint density at radius 3 is 2.71 bits per heavy atom. The van der Waals surface area contributed by atoms with Crippen LogP contribution in [0.3, 0.4) is 0 Å². The zero-order chi connectivity index (χ0) is 15.4. The van der Waals surface area contributed by atoms with Gasteiger partial charge in [0.1, 0.15) is 0 Å². The molecular weight excluding hydrogens is 266 g/mol. The highest BCUT2D eigenvalue weighted by Crippen LogP contribution is 2.31. The van der Waals surface area contributed by atoms with Crippen LogP contribution in [0, 0.1) is 5.92 Å². The molecule has 0 aromatic heterocycles. The van der Waals surface area contributed by atoms with Crippen molar-refractivity contribution in [3.63, 3.8) is 0 Å². The first-order valence-electron chi connectivity index (χ1n) is 7.69. The van der Waals surface area contributed by atoms with Crippen LogP contribution in [-0.4, -0.2) is 23.7 Å². The predicted molar refractivity (Wildman–Crippen MR) is 86.4 cm³/mol. The molecule has 1 aromatic rings. The lowest BCUT2D eigenvalue weighted by Crippen LogP contribution is -2.28. The van der Waals surface area contributed by atoms with E-state index >= 15 is 0 Å². The monoisotopic (exact) mass is 291 g/mol. The molecule has 0 radical (unpaired) electrons. The largest absolute Gasteiger partial charge is 0.397 e. The molecule has 2 rings (SSSR count). The molecule has 5 heteroatoms. The molecule has 0 saturated carbocycles. The van der Waals surface area contributed by atoms with Gasteiger partial charge in [0.2, 0.25) is 5.91 Å². The lowest BCUT2D eigenvalue weighted by molar-refractivity contribution is -0.116. The number of nitrogens with two attached hydrogens (primary N) is 1. The molecule has 1 aliphatic rings. The maximum atomic E-state index is 11.5. The number of nitrogen functional groups attached to an aromatic ring is 1. The summed E-state index contributed by atoms with van der Waals surface area (Å²) in [7, 11) is 0. The van der Waals surface area contributed by atoms with Gasteiger partial charge in [0, 0.05) is 18.7 Å². The zero-order valence-electron chi connectivity index (χ0n) is 12.8. The van der Waals surface area contributed by atoms with Gasteiger partial charge in [0.15, 0.2) is 0 Å². The number of nitrogens with one attached hydrogen (secondary N) is 2. The Labute approximate surface area is 125 Å². The van der Waals surface area contributed by atoms with E-state index in [0.717, 1.165) is 36.2 Å². The van der Waals surface area contributed by atoms with E-state index in [2.05, 4.69) is 24.5 Å². The SMILES string of the molecule is CCC(CC)C(O)CNc1cc2c(cc1N)CCC(=O)N2. The summed E-state index contributed by atoms with van der Waals surface area (Å²) in [5.41, 5.74) is 9.36. The van der Waals surface area contributed by atoms with Crippen molar-refractivity contribution in [2.75, 3.05) is 22.9 Å². The molecular formula is C16H25N3O2. The highest BCUT2D eigenvalue weighted by molar-refractivity contribution is 5.95. The fourth-order valence-corrected chi connectivity index (χ4v) is 2.81. The molecule has 5 N–H and O–H groups in total. The fraction of sp³-hybridized carbons (Fsp3) is 0.562. The van der Waals surface area contributed by atoms with Crippen LogP contribution < -0.4 is 16.4 Å².